The van der Waals surface area contributed by atoms with Gasteiger partial charge in [0.1, 0.15) is 11.8 Å². The Kier molecular flexibility index (Phi) is 3.54. The Balaban J connectivity index is 2.29. The minimum atomic E-state index is -1.32. The summed E-state index contributed by atoms with van der Waals surface area (Å²) in [5.41, 5.74) is -0.121. The zero-order valence-corrected chi connectivity index (χ0v) is 11.3. The quantitative estimate of drug-likeness (QED) is 0.366. The molecule has 0 spiro atoms. The third-order valence-corrected chi connectivity index (χ3v) is 2.64. The van der Waals surface area contributed by atoms with Gasteiger partial charge in [0.2, 0.25) is 0 Å². The molecule has 2 N–H and O–H groups in total. The van der Waals surface area contributed by atoms with Crippen molar-refractivity contribution in [3.05, 3.63) is 35.5 Å². The number of para-hydroxylation sites is 1. The van der Waals surface area contributed by atoms with E-state index >= 15 is 0 Å². The number of nitrogens with zero attached hydrogens (tertiary/aromatic N) is 1. The van der Waals surface area contributed by atoms with Crippen LogP contribution in [0.25, 0.3) is 0 Å². The molecule has 0 atom stereocenters. The molecular formula is C14H12N2O5. The number of nitriles is 1. The van der Waals surface area contributed by atoms with Crippen LogP contribution in [-0.2, 0) is 19.1 Å². The summed E-state index contributed by atoms with van der Waals surface area (Å²) in [4.78, 5) is 23.4. The number of nitrogens with one attached hydrogen (secondary N) is 1. The van der Waals surface area contributed by atoms with Crippen molar-refractivity contribution in [2.45, 2.75) is 19.6 Å². The molecular weight excluding hydrogens is 276 g/mol. The first-order valence-corrected chi connectivity index (χ1v) is 5.99. The maximum atomic E-state index is 11.7. The maximum absolute atomic E-state index is 11.7. The van der Waals surface area contributed by atoms with Gasteiger partial charge in [-0.2, -0.15) is 5.26 Å². The second kappa shape index (κ2) is 5.17. The molecule has 0 amide bonds. The van der Waals surface area contributed by atoms with E-state index in [2.05, 4.69) is 5.32 Å². The molecule has 1 aliphatic heterocycles. The monoisotopic (exact) mass is 288 g/mol. The number of hydrogen-bond acceptors (Lipinski definition) is 7. The lowest BCUT2D eigenvalue weighted by atomic mass is 10.1. The van der Waals surface area contributed by atoms with Crippen molar-refractivity contribution in [1.29, 1.82) is 5.26 Å². The fourth-order valence-electron chi connectivity index (χ4n) is 1.71. The highest BCUT2D eigenvalue weighted by molar-refractivity contribution is 6.15. The molecule has 1 saturated heterocycles. The number of hydrogen-bond donors (Lipinski definition) is 2. The van der Waals surface area contributed by atoms with Crippen molar-refractivity contribution in [2.24, 2.45) is 0 Å². The zero-order chi connectivity index (χ0) is 15.6. The Labute approximate surface area is 120 Å². The van der Waals surface area contributed by atoms with Gasteiger partial charge in [-0.25, -0.2) is 9.59 Å². The van der Waals surface area contributed by atoms with E-state index in [0.29, 0.717) is 0 Å². The average Bonchev–Trinajstić information content (AvgIpc) is 2.37. The second-order valence-corrected chi connectivity index (χ2v) is 4.69. The summed E-state index contributed by atoms with van der Waals surface area (Å²) < 4.78 is 9.83. The Morgan fingerprint density at radius 1 is 1.29 bits per heavy atom. The first-order valence-electron chi connectivity index (χ1n) is 5.99. The third-order valence-electron chi connectivity index (χ3n) is 2.64. The van der Waals surface area contributed by atoms with Crippen LogP contribution in [0.2, 0.25) is 0 Å². The standard InChI is InChI=1S/C14H12N2O5/c1-14(2)20-12(18)9(13(19)21-14)7-16-11-8(6-15)4-3-5-10(11)17/h3-5,7,16-17H,1-2H3. The SMILES string of the molecule is CC1(C)OC(=O)C(=CNc2c(O)cccc2C#N)C(=O)O1. The van der Waals surface area contributed by atoms with E-state index in [1.807, 2.05) is 6.07 Å². The van der Waals surface area contributed by atoms with E-state index in [4.69, 9.17) is 14.7 Å². The number of carbonyl (C=O) groups excluding carboxylic acids is 2. The van der Waals surface area contributed by atoms with Crippen LogP contribution in [-0.4, -0.2) is 22.8 Å². The van der Waals surface area contributed by atoms with Gasteiger partial charge in [0.05, 0.1) is 11.3 Å². The van der Waals surface area contributed by atoms with Gasteiger partial charge in [-0.1, -0.05) is 6.07 Å². The highest BCUT2D eigenvalue weighted by Crippen LogP contribution is 2.28. The van der Waals surface area contributed by atoms with E-state index in [1.54, 1.807) is 0 Å². The van der Waals surface area contributed by atoms with E-state index in [9.17, 15) is 14.7 Å². The summed E-state index contributed by atoms with van der Waals surface area (Å²) in [5, 5.41) is 21.2. The van der Waals surface area contributed by atoms with Gasteiger partial charge in [-0.15, -0.1) is 0 Å². The lowest BCUT2D eigenvalue weighted by Crippen LogP contribution is -2.42. The van der Waals surface area contributed by atoms with E-state index in [0.717, 1.165) is 6.20 Å². The van der Waals surface area contributed by atoms with Crippen molar-refractivity contribution in [3.8, 4) is 11.8 Å². The molecule has 21 heavy (non-hydrogen) atoms. The summed E-state index contributed by atoms with van der Waals surface area (Å²) in [6.45, 7) is 2.87. The van der Waals surface area contributed by atoms with Crippen LogP contribution in [0.5, 0.6) is 5.75 Å². The molecule has 1 heterocycles. The van der Waals surface area contributed by atoms with Crippen molar-refractivity contribution < 1.29 is 24.2 Å². The molecule has 1 fully saturated rings. The van der Waals surface area contributed by atoms with Gasteiger partial charge in [0.25, 0.3) is 5.79 Å². The molecule has 1 aliphatic rings. The van der Waals surface area contributed by atoms with Crippen molar-refractivity contribution in [2.75, 3.05) is 5.32 Å². The van der Waals surface area contributed by atoms with Gasteiger partial charge in [-0.3, -0.25) is 0 Å². The Hall–Kier alpha value is -3.01. The minimum Gasteiger partial charge on any atom is -0.506 e. The molecule has 0 aliphatic carbocycles. The van der Waals surface area contributed by atoms with Crippen LogP contribution >= 0.6 is 0 Å². The Bertz CT molecular complexity index is 663. The van der Waals surface area contributed by atoms with Crippen LogP contribution in [0, 0.1) is 11.3 Å². The summed E-state index contributed by atoms with van der Waals surface area (Å²) in [7, 11) is 0. The van der Waals surface area contributed by atoms with Crippen LogP contribution in [0.1, 0.15) is 19.4 Å². The molecule has 0 bridgehead atoms. The lowest BCUT2D eigenvalue weighted by Gasteiger charge is -2.29. The van der Waals surface area contributed by atoms with Crippen molar-refractivity contribution in [1.82, 2.24) is 0 Å². The van der Waals surface area contributed by atoms with Crippen LogP contribution < -0.4 is 5.32 Å². The molecule has 0 radical (unpaired) electrons. The molecule has 108 valence electrons. The number of benzene rings is 1. The van der Waals surface area contributed by atoms with Gasteiger partial charge in [0.15, 0.2) is 5.57 Å². The van der Waals surface area contributed by atoms with Crippen LogP contribution in [0.3, 0.4) is 0 Å². The lowest BCUT2D eigenvalue weighted by molar-refractivity contribution is -0.222. The van der Waals surface area contributed by atoms with Crippen LogP contribution in [0.4, 0.5) is 5.69 Å². The van der Waals surface area contributed by atoms with E-state index in [-0.39, 0.29) is 22.6 Å². The van der Waals surface area contributed by atoms with Crippen LogP contribution in [0.15, 0.2) is 30.0 Å². The molecule has 1 aromatic carbocycles. The predicted molar refractivity (Wildman–Crippen MR) is 70.8 cm³/mol. The molecule has 0 unspecified atom stereocenters. The highest BCUT2D eigenvalue weighted by atomic mass is 16.7. The molecule has 0 aromatic heterocycles. The Morgan fingerprint density at radius 2 is 1.90 bits per heavy atom. The second-order valence-electron chi connectivity index (χ2n) is 4.69. The van der Waals surface area contributed by atoms with Gasteiger partial charge in [0, 0.05) is 20.0 Å². The topological polar surface area (TPSA) is 109 Å². The highest BCUT2D eigenvalue weighted by Gasteiger charge is 2.39. The smallest absolute Gasteiger partial charge is 0.350 e. The number of esters is 2. The molecule has 2 rings (SSSR count). The van der Waals surface area contributed by atoms with Crippen molar-refractivity contribution >= 4 is 17.6 Å². The van der Waals surface area contributed by atoms with E-state index in [1.165, 1.54) is 32.0 Å². The molecule has 7 heteroatoms. The number of cyclic esters (lactones) is 2. The molecule has 0 saturated carbocycles. The number of rotatable bonds is 2. The number of aromatic hydroxyl groups is 1. The number of phenolic OH excluding ortho intramolecular Hbond substituents is 1. The summed E-state index contributed by atoms with van der Waals surface area (Å²) >= 11 is 0. The maximum Gasteiger partial charge on any atom is 0.350 e. The third kappa shape index (κ3) is 2.95. The number of ether oxygens (including phenoxy) is 2. The van der Waals surface area contributed by atoms with Gasteiger partial charge in [-0.05, 0) is 12.1 Å². The number of phenols is 1. The molecule has 1 aromatic rings. The first kappa shape index (κ1) is 14.4. The van der Waals surface area contributed by atoms with E-state index < -0.39 is 17.7 Å². The zero-order valence-electron chi connectivity index (χ0n) is 11.3. The van der Waals surface area contributed by atoms with Crippen molar-refractivity contribution in [3.63, 3.8) is 0 Å². The normalized spacial score (nSPS) is 16.5. The summed E-state index contributed by atoms with van der Waals surface area (Å²) in [6.07, 6.45) is 1.04. The molecule has 7 nitrogen and oxygen atoms in total. The number of anilines is 1. The average molecular weight is 288 g/mol. The predicted octanol–water partition coefficient (Wildman–Crippen LogP) is 1.40. The minimum absolute atomic E-state index is 0.0814. The summed E-state index contributed by atoms with van der Waals surface area (Å²) in [5.74, 6) is -3.21. The summed E-state index contributed by atoms with van der Waals surface area (Å²) in [6, 6.07) is 6.21. The fourth-order valence-corrected chi connectivity index (χ4v) is 1.71. The van der Waals surface area contributed by atoms with Gasteiger partial charge >= 0.3 is 11.9 Å². The Morgan fingerprint density at radius 3 is 2.48 bits per heavy atom. The largest absolute Gasteiger partial charge is 0.506 e. The first-order chi connectivity index (χ1) is 9.84. The number of carbonyl (C=O) groups is 2. The fraction of sp³-hybridized carbons (Fsp3) is 0.214. The van der Waals surface area contributed by atoms with Gasteiger partial charge < -0.3 is 19.9 Å².